The van der Waals surface area contributed by atoms with Crippen molar-refractivity contribution in [1.29, 1.82) is 0 Å². The Balaban J connectivity index is 2.17. The van der Waals surface area contributed by atoms with Gasteiger partial charge in [0.05, 0.1) is 24.8 Å². The summed E-state index contributed by atoms with van der Waals surface area (Å²) in [6, 6.07) is 10.7. The Morgan fingerprint density at radius 1 is 1.03 bits per heavy atom. The molecule has 1 saturated heterocycles. The van der Waals surface area contributed by atoms with E-state index < -0.39 is 17.7 Å². The second-order valence-electron chi connectivity index (χ2n) is 7.47. The summed E-state index contributed by atoms with van der Waals surface area (Å²) in [6.07, 6.45) is 1.55. The minimum Gasteiger partial charge on any atom is -0.507 e. The highest BCUT2D eigenvalue weighted by Crippen LogP contribution is 2.42. The second kappa shape index (κ2) is 10.2. The Hall–Kier alpha value is -3.48. The summed E-state index contributed by atoms with van der Waals surface area (Å²) in [7, 11) is 0. The molecule has 1 amide bonds. The Kier molecular flexibility index (Phi) is 7.41. The fourth-order valence-electron chi connectivity index (χ4n) is 3.81. The van der Waals surface area contributed by atoms with Gasteiger partial charge in [-0.2, -0.15) is 0 Å². The highest BCUT2D eigenvalue weighted by Gasteiger charge is 2.46. The van der Waals surface area contributed by atoms with Crippen LogP contribution in [0.2, 0.25) is 0 Å². The first-order valence-corrected chi connectivity index (χ1v) is 10.9. The van der Waals surface area contributed by atoms with Crippen LogP contribution in [0.4, 0.5) is 0 Å². The molecule has 0 radical (unpaired) electrons. The van der Waals surface area contributed by atoms with E-state index >= 15 is 0 Å². The Bertz CT molecular complexity index is 1030. The lowest BCUT2D eigenvalue weighted by molar-refractivity contribution is -0.139. The molecule has 2 N–H and O–H groups in total. The summed E-state index contributed by atoms with van der Waals surface area (Å²) in [5.41, 5.74) is 0.968. The zero-order valence-electron chi connectivity index (χ0n) is 18.6. The fourth-order valence-corrected chi connectivity index (χ4v) is 3.81. The molecule has 2 aromatic rings. The summed E-state index contributed by atoms with van der Waals surface area (Å²) in [4.78, 5) is 27.4. The summed E-state index contributed by atoms with van der Waals surface area (Å²) in [5.74, 6) is -0.889. The molecule has 170 valence electrons. The number of Topliss-reactive ketones (excluding diaryl/α,β-unsaturated/α-hetero) is 1. The van der Waals surface area contributed by atoms with Gasteiger partial charge in [-0.25, -0.2) is 0 Å². The number of ether oxygens (including phenoxy) is 2. The standard InChI is InChI=1S/C25H29NO6/c1-4-7-13-26-22(16-11-12-19(27)20(15-16)32-6-3)21(24(29)25(26)30)23(28)17-9-8-10-18(14-17)31-5-2/h8-12,14-15,22,27-28H,4-7,13H2,1-3H3/b23-21-. The lowest BCUT2D eigenvalue weighted by atomic mass is 9.95. The van der Waals surface area contributed by atoms with Crippen LogP contribution in [0.5, 0.6) is 17.2 Å². The van der Waals surface area contributed by atoms with E-state index in [1.54, 1.807) is 43.3 Å². The zero-order valence-corrected chi connectivity index (χ0v) is 18.6. The highest BCUT2D eigenvalue weighted by atomic mass is 16.5. The molecule has 1 heterocycles. The smallest absolute Gasteiger partial charge is 0.295 e. The fraction of sp³-hybridized carbons (Fsp3) is 0.360. The summed E-state index contributed by atoms with van der Waals surface area (Å²) >= 11 is 0. The normalized spacial score (nSPS) is 17.6. The third-order valence-electron chi connectivity index (χ3n) is 5.31. The topological polar surface area (TPSA) is 96.3 Å². The van der Waals surface area contributed by atoms with E-state index in [0.717, 1.165) is 6.42 Å². The Morgan fingerprint density at radius 3 is 2.47 bits per heavy atom. The second-order valence-corrected chi connectivity index (χ2v) is 7.47. The number of nitrogens with zero attached hydrogens (tertiary/aromatic N) is 1. The van der Waals surface area contributed by atoms with Crippen LogP contribution in [-0.4, -0.2) is 46.6 Å². The maximum absolute atomic E-state index is 13.0. The lowest BCUT2D eigenvalue weighted by Crippen LogP contribution is -2.30. The van der Waals surface area contributed by atoms with Crippen molar-refractivity contribution < 1.29 is 29.3 Å². The van der Waals surface area contributed by atoms with Gasteiger partial charge < -0.3 is 24.6 Å². The molecule has 7 heteroatoms. The summed E-state index contributed by atoms with van der Waals surface area (Å²) in [6.45, 7) is 6.82. The average molecular weight is 440 g/mol. The molecule has 0 spiro atoms. The lowest BCUT2D eigenvalue weighted by Gasteiger charge is -2.25. The first kappa shape index (κ1) is 23.2. The molecule has 32 heavy (non-hydrogen) atoms. The third-order valence-corrected chi connectivity index (χ3v) is 5.31. The van der Waals surface area contributed by atoms with Gasteiger partial charge in [-0.05, 0) is 50.1 Å². The molecule has 1 aliphatic rings. The highest BCUT2D eigenvalue weighted by molar-refractivity contribution is 6.46. The van der Waals surface area contributed by atoms with Crippen molar-refractivity contribution in [2.75, 3.05) is 19.8 Å². The summed E-state index contributed by atoms with van der Waals surface area (Å²) in [5, 5.41) is 21.3. The van der Waals surface area contributed by atoms with Crippen molar-refractivity contribution >= 4 is 17.4 Å². The van der Waals surface area contributed by atoms with Gasteiger partial charge in [0.2, 0.25) is 0 Å². The van der Waals surface area contributed by atoms with Crippen molar-refractivity contribution in [2.45, 2.75) is 39.7 Å². The predicted octanol–water partition coefficient (Wildman–Crippen LogP) is 4.41. The number of aromatic hydroxyl groups is 1. The van der Waals surface area contributed by atoms with Crippen LogP contribution >= 0.6 is 0 Å². The number of phenols is 1. The van der Waals surface area contributed by atoms with E-state index in [1.807, 2.05) is 13.8 Å². The van der Waals surface area contributed by atoms with Crippen LogP contribution in [0.25, 0.3) is 5.76 Å². The van der Waals surface area contributed by atoms with Crippen LogP contribution in [0.3, 0.4) is 0 Å². The van der Waals surface area contributed by atoms with Crippen LogP contribution in [0.15, 0.2) is 48.0 Å². The molecule has 1 unspecified atom stereocenters. The van der Waals surface area contributed by atoms with Gasteiger partial charge in [-0.3, -0.25) is 9.59 Å². The van der Waals surface area contributed by atoms with E-state index in [4.69, 9.17) is 9.47 Å². The van der Waals surface area contributed by atoms with Crippen molar-refractivity contribution in [3.63, 3.8) is 0 Å². The number of hydrogen-bond donors (Lipinski definition) is 2. The van der Waals surface area contributed by atoms with Crippen LogP contribution in [0.1, 0.15) is 50.8 Å². The number of unbranched alkanes of at least 4 members (excludes halogenated alkanes) is 1. The van der Waals surface area contributed by atoms with Crippen molar-refractivity contribution in [3.8, 4) is 17.2 Å². The van der Waals surface area contributed by atoms with Crippen molar-refractivity contribution in [2.24, 2.45) is 0 Å². The molecule has 0 saturated carbocycles. The number of carbonyl (C=O) groups excluding carboxylic acids is 2. The zero-order chi connectivity index (χ0) is 23.3. The van der Waals surface area contributed by atoms with E-state index in [0.29, 0.717) is 43.1 Å². The monoisotopic (exact) mass is 439 g/mol. The molecule has 2 aromatic carbocycles. The molecule has 0 aliphatic carbocycles. The first-order chi connectivity index (χ1) is 15.4. The molecule has 1 fully saturated rings. The van der Waals surface area contributed by atoms with Gasteiger partial charge in [0.1, 0.15) is 11.5 Å². The first-order valence-electron chi connectivity index (χ1n) is 10.9. The number of amides is 1. The molecule has 7 nitrogen and oxygen atoms in total. The number of phenolic OH excluding ortho intramolecular Hbond substituents is 1. The van der Waals surface area contributed by atoms with Gasteiger partial charge in [-0.15, -0.1) is 0 Å². The quantitative estimate of drug-likeness (QED) is 0.341. The van der Waals surface area contributed by atoms with Gasteiger partial charge in [0.25, 0.3) is 11.7 Å². The van der Waals surface area contributed by atoms with E-state index in [-0.39, 0.29) is 22.8 Å². The van der Waals surface area contributed by atoms with Gasteiger partial charge >= 0.3 is 0 Å². The maximum atomic E-state index is 13.0. The van der Waals surface area contributed by atoms with Crippen LogP contribution < -0.4 is 9.47 Å². The average Bonchev–Trinajstić information content (AvgIpc) is 3.04. The molecule has 3 rings (SSSR count). The van der Waals surface area contributed by atoms with Crippen LogP contribution in [0, 0.1) is 0 Å². The van der Waals surface area contributed by atoms with E-state index in [2.05, 4.69) is 0 Å². The molecule has 1 atom stereocenters. The third kappa shape index (κ3) is 4.56. The number of ketones is 1. The largest absolute Gasteiger partial charge is 0.507 e. The number of rotatable bonds is 9. The SMILES string of the molecule is CCCCN1C(=O)C(=O)/C(=C(\O)c2cccc(OCC)c2)C1c1ccc(O)c(OCC)c1. The Morgan fingerprint density at radius 2 is 1.78 bits per heavy atom. The van der Waals surface area contributed by atoms with Gasteiger partial charge in [0, 0.05) is 12.1 Å². The Labute approximate surface area is 187 Å². The van der Waals surface area contributed by atoms with Crippen LogP contribution in [-0.2, 0) is 9.59 Å². The van der Waals surface area contributed by atoms with Crippen molar-refractivity contribution in [1.82, 2.24) is 4.90 Å². The molecular weight excluding hydrogens is 410 g/mol. The molecular formula is C25H29NO6. The molecule has 0 aromatic heterocycles. The number of likely N-dealkylation sites (tertiary alicyclic amines) is 1. The predicted molar refractivity (Wildman–Crippen MR) is 121 cm³/mol. The maximum Gasteiger partial charge on any atom is 0.295 e. The van der Waals surface area contributed by atoms with Gasteiger partial charge in [0.15, 0.2) is 11.5 Å². The molecule has 1 aliphatic heterocycles. The van der Waals surface area contributed by atoms with Crippen molar-refractivity contribution in [3.05, 3.63) is 59.2 Å². The van der Waals surface area contributed by atoms with Gasteiger partial charge in [-0.1, -0.05) is 31.5 Å². The number of aliphatic hydroxyl groups is 1. The van der Waals surface area contributed by atoms with E-state index in [9.17, 15) is 19.8 Å². The number of aliphatic hydroxyl groups excluding tert-OH is 1. The summed E-state index contributed by atoms with van der Waals surface area (Å²) < 4.78 is 11.0. The minimum absolute atomic E-state index is 0.00731. The minimum atomic E-state index is -0.794. The molecule has 0 bridgehead atoms. The number of hydrogen-bond acceptors (Lipinski definition) is 6. The van der Waals surface area contributed by atoms with E-state index in [1.165, 1.54) is 11.0 Å². The number of benzene rings is 2. The number of carbonyl (C=O) groups is 2.